The van der Waals surface area contributed by atoms with Crippen molar-refractivity contribution in [2.75, 3.05) is 10.5 Å². The second kappa shape index (κ2) is 8.70. The Bertz CT molecular complexity index is 1380. The second-order valence-corrected chi connectivity index (χ2v) is 9.30. The van der Waals surface area contributed by atoms with Crippen molar-refractivity contribution in [1.29, 1.82) is 0 Å². The van der Waals surface area contributed by atoms with E-state index in [1.165, 1.54) is 12.1 Å². The number of hydrogen-bond donors (Lipinski definition) is 1. The van der Waals surface area contributed by atoms with Gasteiger partial charge in [-0.3, -0.25) is 4.79 Å². The molecule has 0 aliphatic carbocycles. The summed E-state index contributed by atoms with van der Waals surface area (Å²) in [6.45, 7) is 5.98. The first-order valence-electron chi connectivity index (χ1n) is 10.3. The summed E-state index contributed by atoms with van der Waals surface area (Å²) >= 11 is 0. The summed E-state index contributed by atoms with van der Waals surface area (Å²) in [4.78, 5) is 16.9. The van der Waals surface area contributed by atoms with Gasteiger partial charge < -0.3 is 13.9 Å². The number of imidazole rings is 1. The largest absolute Gasteiger partial charge is 0.324 e. The molecule has 4 rings (SSSR count). The zero-order valence-corrected chi connectivity index (χ0v) is 19.3. The highest BCUT2D eigenvalue weighted by molar-refractivity contribution is 7.86. The lowest BCUT2D eigenvalue weighted by Gasteiger charge is -2.13. The zero-order chi connectivity index (χ0) is 23.0. The highest BCUT2D eigenvalue weighted by Crippen LogP contribution is 2.32. The zero-order valence-electron chi connectivity index (χ0n) is 18.5. The molecule has 0 radical (unpaired) electrons. The van der Waals surface area contributed by atoms with Crippen molar-refractivity contribution in [2.24, 2.45) is 7.05 Å². The number of halogens is 1. The van der Waals surface area contributed by atoms with Crippen LogP contribution in [0.1, 0.15) is 23.9 Å². The Morgan fingerprint density at radius 2 is 1.91 bits per heavy atom. The van der Waals surface area contributed by atoms with E-state index in [9.17, 15) is 13.4 Å². The Labute approximate surface area is 188 Å². The van der Waals surface area contributed by atoms with Gasteiger partial charge in [-0.25, -0.2) is 13.6 Å². The first kappa shape index (κ1) is 22.0. The van der Waals surface area contributed by atoms with Crippen molar-refractivity contribution >= 4 is 27.7 Å². The van der Waals surface area contributed by atoms with Gasteiger partial charge in [0.05, 0.1) is 11.2 Å². The van der Waals surface area contributed by atoms with Gasteiger partial charge in [-0.1, -0.05) is 19.1 Å². The maximum Gasteiger partial charge on any atom is 0.253 e. The normalized spacial score (nSPS) is 12.3. The highest BCUT2D eigenvalue weighted by Gasteiger charge is 2.16. The van der Waals surface area contributed by atoms with E-state index in [1.54, 1.807) is 30.8 Å². The third-order valence-electron chi connectivity index (χ3n) is 5.46. The van der Waals surface area contributed by atoms with Crippen molar-refractivity contribution in [2.45, 2.75) is 27.3 Å². The van der Waals surface area contributed by atoms with E-state index in [4.69, 9.17) is 4.98 Å². The Hall–Kier alpha value is -3.26. The second-order valence-electron chi connectivity index (χ2n) is 7.83. The summed E-state index contributed by atoms with van der Waals surface area (Å²) < 4.78 is 32.7. The average Bonchev–Trinajstić information content (AvgIpc) is 3.07. The summed E-state index contributed by atoms with van der Waals surface area (Å²) in [5.74, 6) is 0.934. The summed E-state index contributed by atoms with van der Waals surface area (Å²) in [7, 11) is 0.470. The molecule has 1 N–H and O–H groups in total. The van der Waals surface area contributed by atoms with E-state index in [1.807, 2.05) is 42.7 Å². The van der Waals surface area contributed by atoms with Gasteiger partial charge in [0.15, 0.2) is 0 Å². The van der Waals surface area contributed by atoms with Gasteiger partial charge in [0.25, 0.3) is 5.56 Å². The van der Waals surface area contributed by atoms with Crippen molar-refractivity contribution < 1.29 is 8.60 Å². The van der Waals surface area contributed by atoms with Crippen LogP contribution >= 0.6 is 0 Å². The monoisotopic (exact) mass is 452 g/mol. The lowest BCUT2D eigenvalue weighted by Crippen LogP contribution is -2.18. The molecule has 2 aromatic heterocycles. The Morgan fingerprint density at radius 3 is 2.59 bits per heavy atom. The molecule has 1 atom stereocenters. The first-order valence-corrected chi connectivity index (χ1v) is 11.7. The van der Waals surface area contributed by atoms with Gasteiger partial charge in [-0.05, 0) is 60.9 Å². The molecule has 0 fully saturated rings. The Kier molecular flexibility index (Phi) is 5.97. The molecule has 2 aromatic carbocycles. The van der Waals surface area contributed by atoms with Crippen molar-refractivity contribution in [1.82, 2.24) is 14.1 Å². The van der Waals surface area contributed by atoms with Gasteiger partial charge in [0.1, 0.15) is 28.1 Å². The van der Waals surface area contributed by atoms with E-state index in [0.29, 0.717) is 29.1 Å². The Balaban J connectivity index is 1.93. The van der Waals surface area contributed by atoms with Crippen LogP contribution in [0.4, 0.5) is 10.1 Å². The van der Waals surface area contributed by atoms with Crippen LogP contribution in [-0.4, -0.2) is 24.1 Å². The maximum absolute atomic E-state index is 13.8. The number of rotatable bonds is 6. The molecular formula is C24H25FN4O2S. The minimum atomic E-state index is -1.25. The topological polar surface area (TPSA) is 68.9 Å². The fraction of sp³-hybridized carbons (Fsp3) is 0.250. The summed E-state index contributed by atoms with van der Waals surface area (Å²) in [6, 6.07) is 12.3. The fourth-order valence-electron chi connectivity index (χ4n) is 3.83. The fourth-order valence-corrected chi connectivity index (χ4v) is 4.38. The number of pyridine rings is 1. The van der Waals surface area contributed by atoms with Crippen LogP contribution in [0.15, 0.2) is 53.5 Å². The first-order chi connectivity index (χ1) is 15.3. The number of nitrogens with zero attached hydrogens (tertiary/aromatic N) is 3. The van der Waals surface area contributed by atoms with Gasteiger partial charge in [-0.2, -0.15) is 0 Å². The predicted molar refractivity (Wildman–Crippen MR) is 128 cm³/mol. The highest BCUT2D eigenvalue weighted by atomic mass is 32.2. The number of fused-ring (bicyclic) bond motifs is 1. The van der Waals surface area contributed by atoms with Crippen LogP contribution in [0.25, 0.3) is 22.2 Å². The number of nitrogens with one attached hydrogen (secondary N) is 1. The molecule has 2 heterocycles. The molecule has 0 amide bonds. The number of anilines is 1. The van der Waals surface area contributed by atoms with E-state index in [-0.39, 0.29) is 11.4 Å². The Morgan fingerprint density at radius 1 is 1.12 bits per heavy atom. The van der Waals surface area contributed by atoms with Crippen LogP contribution in [0.2, 0.25) is 0 Å². The quantitative estimate of drug-likeness (QED) is 0.474. The predicted octanol–water partition coefficient (Wildman–Crippen LogP) is 4.30. The number of benzene rings is 2. The molecule has 4 aromatic rings. The molecular weight excluding hydrogens is 427 g/mol. The van der Waals surface area contributed by atoms with Crippen LogP contribution in [0.5, 0.6) is 0 Å². The number of aryl methyl sites for hydroxylation is 3. The van der Waals surface area contributed by atoms with Gasteiger partial charge in [0, 0.05) is 31.1 Å². The number of aromatic nitrogens is 3. The van der Waals surface area contributed by atoms with Gasteiger partial charge >= 0.3 is 0 Å². The van der Waals surface area contributed by atoms with Crippen LogP contribution in [0, 0.1) is 19.7 Å². The lowest BCUT2D eigenvalue weighted by atomic mass is 10.0. The summed E-state index contributed by atoms with van der Waals surface area (Å²) in [6.07, 6.45) is 1.79. The molecule has 1 unspecified atom stereocenters. The van der Waals surface area contributed by atoms with E-state index >= 15 is 0 Å². The molecule has 32 heavy (non-hydrogen) atoms. The average molecular weight is 453 g/mol. The van der Waals surface area contributed by atoms with Crippen LogP contribution < -0.4 is 10.3 Å². The molecule has 6 nitrogen and oxygen atoms in total. The third kappa shape index (κ3) is 4.23. The molecule has 8 heteroatoms. The minimum Gasteiger partial charge on any atom is -0.324 e. The number of hydrogen-bond acceptors (Lipinski definition) is 3. The molecule has 0 aliphatic heterocycles. The lowest BCUT2D eigenvalue weighted by molar-refractivity contribution is 0.623. The van der Waals surface area contributed by atoms with E-state index in [0.717, 1.165) is 28.0 Å². The van der Waals surface area contributed by atoms with E-state index < -0.39 is 11.0 Å². The molecule has 0 saturated carbocycles. The van der Waals surface area contributed by atoms with E-state index in [2.05, 4.69) is 4.72 Å². The molecule has 0 spiro atoms. The van der Waals surface area contributed by atoms with Crippen LogP contribution in [-0.2, 0) is 24.6 Å². The van der Waals surface area contributed by atoms with Crippen molar-refractivity contribution in [3.63, 3.8) is 0 Å². The van der Waals surface area contributed by atoms with Crippen LogP contribution in [0.3, 0.4) is 0 Å². The summed E-state index contributed by atoms with van der Waals surface area (Å²) in [5, 5.41) is 0. The van der Waals surface area contributed by atoms with Gasteiger partial charge in [0.2, 0.25) is 0 Å². The molecule has 0 bridgehead atoms. The van der Waals surface area contributed by atoms with Crippen molar-refractivity contribution in [3.8, 4) is 11.1 Å². The minimum absolute atomic E-state index is 0.0488. The third-order valence-corrected chi connectivity index (χ3v) is 6.43. The maximum atomic E-state index is 13.8. The van der Waals surface area contributed by atoms with Gasteiger partial charge in [-0.15, -0.1) is 0 Å². The van der Waals surface area contributed by atoms with Crippen molar-refractivity contribution in [3.05, 3.63) is 81.8 Å². The standard InChI is InChI=1S/C24H25FN4O2S/c1-5-32(31)27-21-11-18(19-9-15(2)24(30)28(4)14-19)12-22-23(21)26-16(3)29(22)13-17-7-6-8-20(25)10-17/h6-12,14,27H,5,13H2,1-4H3. The molecule has 166 valence electrons. The smallest absolute Gasteiger partial charge is 0.253 e. The SMILES string of the molecule is CCS(=O)Nc1cc(-c2cc(C)c(=O)n(C)c2)cc2c1nc(C)n2Cc1cccc(F)c1. The molecule has 0 aliphatic rings. The summed E-state index contributed by atoms with van der Waals surface area (Å²) in [5.41, 5.74) is 5.35. The molecule has 0 saturated heterocycles.